The molecule has 2 aromatic rings. The van der Waals surface area contributed by atoms with E-state index in [9.17, 15) is 0 Å². The number of imidazole rings is 1. The van der Waals surface area contributed by atoms with Crippen molar-refractivity contribution < 1.29 is 0 Å². The number of rotatable bonds is 4. The van der Waals surface area contributed by atoms with E-state index in [0.29, 0.717) is 6.04 Å². The van der Waals surface area contributed by atoms with Crippen molar-refractivity contribution in [1.29, 1.82) is 0 Å². The molecule has 3 heteroatoms. The molecule has 0 aliphatic heterocycles. The predicted octanol–water partition coefficient (Wildman–Crippen LogP) is 3.72. The van der Waals surface area contributed by atoms with Crippen LogP contribution in [-0.2, 0) is 0 Å². The Morgan fingerprint density at radius 2 is 2.06 bits per heavy atom. The number of hydrogen-bond acceptors (Lipinski definition) is 2. The van der Waals surface area contributed by atoms with E-state index in [2.05, 4.69) is 54.3 Å². The van der Waals surface area contributed by atoms with Crippen LogP contribution in [0.2, 0.25) is 0 Å². The Hall–Kier alpha value is -1.51. The lowest BCUT2D eigenvalue weighted by Crippen LogP contribution is -2.17. The fourth-order valence-electron chi connectivity index (χ4n) is 2.28. The third kappa shape index (κ3) is 2.99. The molecule has 0 saturated heterocycles. The Balaban J connectivity index is 2.13. The average Bonchev–Trinajstić information content (AvgIpc) is 2.55. The normalized spacial score (nSPS) is 13.2. The fourth-order valence-corrected chi connectivity index (χ4v) is 2.28. The van der Waals surface area contributed by atoms with Crippen molar-refractivity contribution in [3.63, 3.8) is 0 Å². The molecular weight excluding hydrogens is 210 g/mol. The maximum Gasteiger partial charge on any atom is 0.104 e. The van der Waals surface area contributed by atoms with E-state index in [4.69, 9.17) is 0 Å². The van der Waals surface area contributed by atoms with Gasteiger partial charge in [-0.1, -0.05) is 13.8 Å². The van der Waals surface area contributed by atoms with Gasteiger partial charge < -0.3 is 10.3 Å². The van der Waals surface area contributed by atoms with Crippen LogP contribution in [0.15, 0.2) is 18.2 Å². The Morgan fingerprint density at radius 3 is 2.76 bits per heavy atom. The Bertz CT molecular complexity index is 499. The number of nitrogens with zero attached hydrogens (tertiary/aromatic N) is 1. The molecule has 0 aliphatic carbocycles. The van der Waals surface area contributed by atoms with Crippen LogP contribution in [-0.4, -0.2) is 16.0 Å². The molecule has 1 heterocycles. The zero-order valence-electron chi connectivity index (χ0n) is 11.0. The molecule has 92 valence electrons. The van der Waals surface area contributed by atoms with Gasteiger partial charge in [-0.25, -0.2) is 4.98 Å². The van der Waals surface area contributed by atoms with Crippen LogP contribution >= 0.6 is 0 Å². The number of aromatic amines is 1. The fraction of sp³-hybridized carbons (Fsp3) is 0.500. The van der Waals surface area contributed by atoms with Gasteiger partial charge in [0.2, 0.25) is 0 Å². The minimum atomic E-state index is 0.497. The standard InChI is InChI=1S/C14H21N3/c1-9(2)7-10(3)15-12-5-6-13-14(8-12)17-11(4)16-13/h5-6,8-10,15H,7H2,1-4H3,(H,16,17). The Labute approximate surface area is 103 Å². The van der Waals surface area contributed by atoms with Crippen LogP contribution in [0.4, 0.5) is 5.69 Å². The van der Waals surface area contributed by atoms with E-state index < -0.39 is 0 Å². The molecule has 0 saturated carbocycles. The Kier molecular flexibility index (Phi) is 3.36. The summed E-state index contributed by atoms with van der Waals surface area (Å²) in [6.45, 7) is 8.70. The molecule has 1 aromatic heterocycles. The van der Waals surface area contributed by atoms with Crippen molar-refractivity contribution in [2.75, 3.05) is 5.32 Å². The van der Waals surface area contributed by atoms with Crippen LogP contribution in [0.25, 0.3) is 11.0 Å². The molecule has 0 radical (unpaired) electrons. The van der Waals surface area contributed by atoms with Gasteiger partial charge in [0.25, 0.3) is 0 Å². The number of aryl methyl sites for hydroxylation is 1. The van der Waals surface area contributed by atoms with Crippen molar-refractivity contribution >= 4 is 16.7 Å². The maximum absolute atomic E-state index is 4.40. The summed E-state index contributed by atoms with van der Waals surface area (Å²) in [7, 11) is 0. The largest absolute Gasteiger partial charge is 0.383 e. The molecule has 0 fully saturated rings. The number of fused-ring (bicyclic) bond motifs is 1. The lowest BCUT2D eigenvalue weighted by molar-refractivity contribution is 0.540. The van der Waals surface area contributed by atoms with Gasteiger partial charge in [0.1, 0.15) is 5.82 Å². The average molecular weight is 231 g/mol. The summed E-state index contributed by atoms with van der Waals surface area (Å²) in [5.41, 5.74) is 3.29. The van der Waals surface area contributed by atoms with Crippen molar-refractivity contribution in [3.05, 3.63) is 24.0 Å². The van der Waals surface area contributed by atoms with Gasteiger partial charge in [-0.2, -0.15) is 0 Å². The van der Waals surface area contributed by atoms with Crippen LogP contribution in [0.3, 0.4) is 0 Å². The Morgan fingerprint density at radius 1 is 1.29 bits per heavy atom. The molecule has 17 heavy (non-hydrogen) atoms. The summed E-state index contributed by atoms with van der Waals surface area (Å²) in [6, 6.07) is 6.78. The number of anilines is 1. The highest BCUT2D eigenvalue weighted by Gasteiger charge is 2.06. The minimum Gasteiger partial charge on any atom is -0.383 e. The van der Waals surface area contributed by atoms with E-state index in [-0.39, 0.29) is 0 Å². The van der Waals surface area contributed by atoms with Gasteiger partial charge in [-0.3, -0.25) is 0 Å². The molecular formula is C14H21N3. The summed E-state index contributed by atoms with van der Waals surface area (Å²) in [5, 5.41) is 3.53. The van der Waals surface area contributed by atoms with Crippen LogP contribution in [0.5, 0.6) is 0 Å². The van der Waals surface area contributed by atoms with Gasteiger partial charge in [0, 0.05) is 11.7 Å². The summed E-state index contributed by atoms with van der Waals surface area (Å²) in [6.07, 6.45) is 1.18. The molecule has 0 bridgehead atoms. The quantitative estimate of drug-likeness (QED) is 0.842. The first-order chi connectivity index (χ1) is 8.04. The monoisotopic (exact) mass is 231 g/mol. The van der Waals surface area contributed by atoms with Crippen LogP contribution in [0, 0.1) is 12.8 Å². The maximum atomic E-state index is 4.40. The van der Waals surface area contributed by atoms with Crippen molar-refractivity contribution in [1.82, 2.24) is 9.97 Å². The van der Waals surface area contributed by atoms with E-state index in [1.165, 1.54) is 6.42 Å². The van der Waals surface area contributed by atoms with Crippen LogP contribution in [0.1, 0.15) is 33.0 Å². The van der Waals surface area contributed by atoms with E-state index >= 15 is 0 Å². The first kappa shape index (κ1) is 12.0. The number of benzene rings is 1. The summed E-state index contributed by atoms with van der Waals surface area (Å²) in [5.74, 6) is 1.68. The molecule has 1 unspecified atom stereocenters. The van der Waals surface area contributed by atoms with Crippen molar-refractivity contribution in [2.45, 2.75) is 40.2 Å². The highest BCUT2D eigenvalue weighted by molar-refractivity contribution is 5.79. The van der Waals surface area contributed by atoms with Crippen LogP contribution < -0.4 is 5.32 Å². The molecule has 0 amide bonds. The van der Waals surface area contributed by atoms with E-state index in [1.807, 2.05) is 6.92 Å². The SMILES string of the molecule is Cc1nc2ccc(NC(C)CC(C)C)cc2[nH]1. The summed E-state index contributed by atoms with van der Waals surface area (Å²) >= 11 is 0. The lowest BCUT2D eigenvalue weighted by Gasteiger charge is -2.17. The second-order valence-electron chi connectivity index (χ2n) is 5.23. The second-order valence-corrected chi connectivity index (χ2v) is 5.23. The minimum absolute atomic E-state index is 0.497. The predicted molar refractivity (Wildman–Crippen MR) is 73.4 cm³/mol. The number of hydrogen-bond donors (Lipinski definition) is 2. The first-order valence-electron chi connectivity index (χ1n) is 6.27. The zero-order chi connectivity index (χ0) is 12.4. The highest BCUT2D eigenvalue weighted by atomic mass is 14.9. The van der Waals surface area contributed by atoms with Gasteiger partial charge in [0.15, 0.2) is 0 Å². The zero-order valence-corrected chi connectivity index (χ0v) is 11.0. The second kappa shape index (κ2) is 4.78. The van der Waals surface area contributed by atoms with Crippen molar-refractivity contribution in [3.8, 4) is 0 Å². The van der Waals surface area contributed by atoms with Gasteiger partial charge in [0.05, 0.1) is 11.0 Å². The topological polar surface area (TPSA) is 40.7 Å². The molecule has 1 atom stereocenters. The summed E-state index contributed by atoms with van der Waals surface area (Å²) in [4.78, 5) is 7.66. The summed E-state index contributed by atoms with van der Waals surface area (Å²) < 4.78 is 0. The molecule has 2 N–H and O–H groups in total. The molecule has 0 spiro atoms. The number of aromatic nitrogens is 2. The van der Waals surface area contributed by atoms with Gasteiger partial charge in [-0.15, -0.1) is 0 Å². The number of H-pyrrole nitrogens is 1. The smallest absolute Gasteiger partial charge is 0.104 e. The molecule has 0 aliphatic rings. The number of nitrogens with one attached hydrogen (secondary N) is 2. The van der Waals surface area contributed by atoms with Crippen molar-refractivity contribution in [2.24, 2.45) is 5.92 Å². The van der Waals surface area contributed by atoms with E-state index in [0.717, 1.165) is 28.5 Å². The van der Waals surface area contributed by atoms with Gasteiger partial charge >= 0.3 is 0 Å². The van der Waals surface area contributed by atoms with E-state index in [1.54, 1.807) is 0 Å². The highest BCUT2D eigenvalue weighted by Crippen LogP contribution is 2.19. The molecule has 2 rings (SSSR count). The molecule has 3 nitrogen and oxygen atoms in total. The third-order valence-electron chi connectivity index (χ3n) is 2.84. The van der Waals surface area contributed by atoms with Gasteiger partial charge in [-0.05, 0) is 44.4 Å². The molecule has 1 aromatic carbocycles. The lowest BCUT2D eigenvalue weighted by atomic mass is 10.1. The third-order valence-corrected chi connectivity index (χ3v) is 2.84. The first-order valence-corrected chi connectivity index (χ1v) is 6.27.